The van der Waals surface area contributed by atoms with E-state index in [0.717, 1.165) is 23.8 Å². The van der Waals surface area contributed by atoms with Crippen LogP contribution in [0.1, 0.15) is 35.6 Å². The molecule has 2 aromatic rings. The van der Waals surface area contributed by atoms with Gasteiger partial charge in [-0.1, -0.05) is 17.7 Å². The van der Waals surface area contributed by atoms with Crippen molar-refractivity contribution < 1.29 is 4.74 Å². The van der Waals surface area contributed by atoms with Crippen molar-refractivity contribution in [3.63, 3.8) is 0 Å². The molecule has 0 radical (unpaired) electrons. The second kappa shape index (κ2) is 6.58. The van der Waals surface area contributed by atoms with Gasteiger partial charge in [0.15, 0.2) is 0 Å². The third-order valence-electron chi connectivity index (χ3n) is 3.59. The first-order chi connectivity index (χ1) is 9.72. The second-order valence-corrected chi connectivity index (χ2v) is 7.89. The van der Waals surface area contributed by atoms with Gasteiger partial charge in [0.2, 0.25) is 0 Å². The molecule has 1 saturated heterocycles. The quantitative estimate of drug-likeness (QED) is 0.878. The van der Waals surface area contributed by atoms with Crippen LogP contribution in [0.2, 0.25) is 4.34 Å². The zero-order valence-corrected chi connectivity index (χ0v) is 13.7. The van der Waals surface area contributed by atoms with E-state index in [0.29, 0.717) is 12.1 Å². The molecule has 1 fully saturated rings. The summed E-state index contributed by atoms with van der Waals surface area (Å²) in [6, 6.07) is 9.17. The number of ether oxygens (including phenoxy) is 1. The van der Waals surface area contributed by atoms with Gasteiger partial charge in [0, 0.05) is 22.4 Å². The van der Waals surface area contributed by atoms with Crippen LogP contribution in [0.3, 0.4) is 0 Å². The van der Waals surface area contributed by atoms with Crippen molar-refractivity contribution in [1.82, 2.24) is 5.32 Å². The Morgan fingerprint density at radius 2 is 2.25 bits per heavy atom. The van der Waals surface area contributed by atoms with Crippen LogP contribution in [0.15, 0.2) is 29.6 Å². The van der Waals surface area contributed by atoms with Gasteiger partial charge in [-0.25, -0.2) is 0 Å². The molecule has 3 rings (SSSR count). The first-order valence-corrected chi connectivity index (χ1v) is 8.96. The van der Waals surface area contributed by atoms with Gasteiger partial charge in [0.1, 0.15) is 0 Å². The summed E-state index contributed by atoms with van der Waals surface area (Å²) in [6.07, 6.45) is 2.49. The van der Waals surface area contributed by atoms with Crippen molar-refractivity contribution in [3.05, 3.63) is 43.7 Å². The largest absolute Gasteiger partial charge is 0.378 e. The first kappa shape index (κ1) is 14.5. The van der Waals surface area contributed by atoms with Crippen LogP contribution < -0.4 is 5.32 Å². The van der Waals surface area contributed by atoms with E-state index in [1.165, 1.54) is 9.75 Å². The predicted molar refractivity (Wildman–Crippen MR) is 87.1 cm³/mol. The molecule has 108 valence electrons. The van der Waals surface area contributed by atoms with Crippen molar-refractivity contribution in [2.24, 2.45) is 0 Å². The molecule has 3 atom stereocenters. The standard InChI is InChI=1S/C15H18ClNOS2/c1-10-9-11(6-7-18-10)17-15(12-3-2-8-19-12)13-4-5-14(16)20-13/h2-5,8,10-11,15,17H,6-7,9H2,1H3. The zero-order valence-electron chi connectivity index (χ0n) is 11.3. The van der Waals surface area contributed by atoms with Crippen molar-refractivity contribution in [2.75, 3.05) is 6.61 Å². The molecule has 1 N–H and O–H groups in total. The van der Waals surface area contributed by atoms with Gasteiger partial charge in [0.05, 0.1) is 16.5 Å². The fourth-order valence-corrected chi connectivity index (χ4v) is 4.65. The van der Waals surface area contributed by atoms with Gasteiger partial charge in [-0.3, -0.25) is 0 Å². The smallest absolute Gasteiger partial charge is 0.0931 e. The third-order valence-corrected chi connectivity index (χ3v) is 5.83. The number of hydrogen-bond donors (Lipinski definition) is 1. The number of nitrogens with one attached hydrogen (secondary N) is 1. The molecular formula is C15H18ClNOS2. The summed E-state index contributed by atoms with van der Waals surface area (Å²) in [4.78, 5) is 2.64. The maximum Gasteiger partial charge on any atom is 0.0931 e. The van der Waals surface area contributed by atoms with E-state index in [2.05, 4.69) is 35.8 Å². The van der Waals surface area contributed by atoms with Crippen molar-refractivity contribution in [1.29, 1.82) is 0 Å². The van der Waals surface area contributed by atoms with Gasteiger partial charge >= 0.3 is 0 Å². The first-order valence-electron chi connectivity index (χ1n) is 6.88. The molecule has 2 nitrogen and oxygen atoms in total. The second-order valence-electron chi connectivity index (χ2n) is 5.16. The van der Waals surface area contributed by atoms with Crippen LogP contribution in [0.4, 0.5) is 0 Å². The number of halogens is 1. The fraction of sp³-hybridized carbons (Fsp3) is 0.467. The van der Waals surface area contributed by atoms with Crippen LogP contribution >= 0.6 is 34.3 Å². The van der Waals surface area contributed by atoms with Gasteiger partial charge in [-0.2, -0.15) is 0 Å². The van der Waals surface area contributed by atoms with E-state index in [9.17, 15) is 0 Å². The lowest BCUT2D eigenvalue weighted by molar-refractivity contribution is 0.0121. The molecule has 0 bridgehead atoms. The van der Waals surface area contributed by atoms with E-state index in [-0.39, 0.29) is 6.04 Å². The predicted octanol–water partition coefficient (Wildman–Crippen LogP) is 4.71. The molecule has 3 heterocycles. The molecule has 0 spiro atoms. The van der Waals surface area contributed by atoms with Crippen LogP contribution in [-0.2, 0) is 4.74 Å². The lowest BCUT2D eigenvalue weighted by Gasteiger charge is -2.31. The molecule has 3 unspecified atom stereocenters. The Bertz CT molecular complexity index is 540. The molecule has 0 aromatic carbocycles. The molecule has 1 aliphatic rings. The number of rotatable bonds is 4. The van der Waals surface area contributed by atoms with Gasteiger partial charge in [-0.05, 0) is 43.3 Å². The average Bonchev–Trinajstić information content (AvgIpc) is 3.07. The monoisotopic (exact) mass is 327 g/mol. The lowest BCUT2D eigenvalue weighted by atomic mass is 10.0. The summed E-state index contributed by atoms with van der Waals surface area (Å²) in [5.74, 6) is 0. The highest BCUT2D eigenvalue weighted by Crippen LogP contribution is 2.34. The molecule has 5 heteroatoms. The molecule has 20 heavy (non-hydrogen) atoms. The van der Waals surface area contributed by atoms with Gasteiger partial charge in [-0.15, -0.1) is 22.7 Å². The van der Waals surface area contributed by atoms with E-state index >= 15 is 0 Å². The van der Waals surface area contributed by atoms with Crippen molar-refractivity contribution >= 4 is 34.3 Å². The number of thiophene rings is 2. The summed E-state index contributed by atoms with van der Waals surface area (Å²) in [7, 11) is 0. The third kappa shape index (κ3) is 3.43. The summed E-state index contributed by atoms with van der Waals surface area (Å²) in [6.45, 7) is 3.00. The Morgan fingerprint density at radius 3 is 2.90 bits per heavy atom. The fourth-order valence-electron chi connectivity index (χ4n) is 2.63. The van der Waals surface area contributed by atoms with E-state index in [1.54, 1.807) is 22.7 Å². The molecule has 1 aliphatic heterocycles. The van der Waals surface area contributed by atoms with E-state index in [4.69, 9.17) is 16.3 Å². The molecular weight excluding hydrogens is 310 g/mol. The molecule has 0 amide bonds. The Balaban J connectivity index is 1.79. The SMILES string of the molecule is CC1CC(NC(c2cccs2)c2ccc(Cl)s2)CCO1. The average molecular weight is 328 g/mol. The highest BCUT2D eigenvalue weighted by Gasteiger charge is 2.25. The van der Waals surface area contributed by atoms with Crippen LogP contribution in [0.25, 0.3) is 0 Å². The summed E-state index contributed by atoms with van der Waals surface area (Å²) in [5, 5.41) is 5.93. The topological polar surface area (TPSA) is 21.3 Å². The van der Waals surface area contributed by atoms with Gasteiger partial charge in [0.25, 0.3) is 0 Å². The summed E-state index contributed by atoms with van der Waals surface area (Å²) in [5.41, 5.74) is 0. The molecule has 2 aromatic heterocycles. The maximum atomic E-state index is 6.11. The number of hydrogen-bond acceptors (Lipinski definition) is 4. The van der Waals surface area contributed by atoms with Gasteiger partial charge < -0.3 is 10.1 Å². The minimum atomic E-state index is 0.253. The minimum absolute atomic E-state index is 0.253. The Morgan fingerprint density at radius 1 is 1.35 bits per heavy atom. The Labute approximate surface area is 132 Å². The minimum Gasteiger partial charge on any atom is -0.378 e. The maximum absolute atomic E-state index is 6.11. The zero-order chi connectivity index (χ0) is 13.9. The summed E-state index contributed by atoms with van der Waals surface area (Å²) >= 11 is 9.56. The highest BCUT2D eigenvalue weighted by molar-refractivity contribution is 7.16. The van der Waals surface area contributed by atoms with E-state index < -0.39 is 0 Å². The van der Waals surface area contributed by atoms with Crippen LogP contribution in [-0.4, -0.2) is 18.8 Å². The van der Waals surface area contributed by atoms with Crippen molar-refractivity contribution in [3.8, 4) is 0 Å². The lowest BCUT2D eigenvalue weighted by Crippen LogP contribution is -2.39. The Kier molecular flexibility index (Phi) is 4.79. The summed E-state index contributed by atoms with van der Waals surface area (Å²) < 4.78 is 6.48. The highest BCUT2D eigenvalue weighted by atomic mass is 35.5. The molecule has 0 aliphatic carbocycles. The van der Waals surface area contributed by atoms with E-state index in [1.807, 2.05) is 6.07 Å². The normalized spacial score (nSPS) is 24.7. The van der Waals surface area contributed by atoms with Crippen LogP contribution in [0.5, 0.6) is 0 Å². The van der Waals surface area contributed by atoms with Crippen LogP contribution in [0, 0.1) is 0 Å². The van der Waals surface area contributed by atoms with Crippen molar-refractivity contribution in [2.45, 2.75) is 38.0 Å². The molecule has 0 saturated carbocycles. The Hall–Kier alpha value is -0.390.